The van der Waals surface area contributed by atoms with E-state index in [2.05, 4.69) is 0 Å². The average Bonchev–Trinajstić information content (AvgIpc) is 2.35. The Morgan fingerprint density at radius 2 is 2.16 bits per heavy atom. The minimum absolute atomic E-state index is 0.0450. The van der Waals surface area contributed by atoms with E-state index in [-0.39, 0.29) is 11.4 Å². The molecule has 1 unspecified atom stereocenters. The predicted molar refractivity (Wildman–Crippen MR) is 72.0 cm³/mol. The standard InChI is InChI=1S/C13H18N2O4/c1-2-3-4-6-10(13(16)17)9-7-5-8-11(12(9)14)15(18)19/h5,7-8,10H,2-4,6,14H2,1H3,(H,16,17). The van der Waals surface area contributed by atoms with Gasteiger partial charge in [-0.05, 0) is 12.0 Å². The van der Waals surface area contributed by atoms with E-state index in [1.54, 1.807) is 6.07 Å². The maximum atomic E-state index is 11.3. The van der Waals surface area contributed by atoms with Gasteiger partial charge in [0.2, 0.25) is 0 Å². The lowest BCUT2D eigenvalue weighted by molar-refractivity contribution is -0.383. The number of nitro groups is 1. The van der Waals surface area contributed by atoms with Crippen LogP contribution in [0, 0.1) is 10.1 Å². The molecule has 0 fully saturated rings. The van der Waals surface area contributed by atoms with Crippen molar-refractivity contribution in [2.45, 2.75) is 38.5 Å². The first-order valence-electron chi connectivity index (χ1n) is 6.24. The van der Waals surface area contributed by atoms with Crippen LogP contribution in [0.2, 0.25) is 0 Å². The van der Waals surface area contributed by atoms with Gasteiger partial charge in [-0.15, -0.1) is 0 Å². The minimum Gasteiger partial charge on any atom is -0.481 e. The van der Waals surface area contributed by atoms with Gasteiger partial charge in [-0.25, -0.2) is 0 Å². The summed E-state index contributed by atoms with van der Waals surface area (Å²) in [6.07, 6.45) is 3.11. The lowest BCUT2D eigenvalue weighted by Crippen LogP contribution is -2.14. The highest BCUT2D eigenvalue weighted by molar-refractivity contribution is 5.80. The number of hydrogen-bond donors (Lipinski definition) is 2. The van der Waals surface area contributed by atoms with Crippen molar-refractivity contribution in [2.75, 3.05) is 5.73 Å². The molecule has 1 aromatic carbocycles. The topological polar surface area (TPSA) is 106 Å². The second kappa shape index (κ2) is 6.72. The van der Waals surface area contributed by atoms with Gasteiger partial charge < -0.3 is 10.8 Å². The number of unbranched alkanes of at least 4 members (excludes halogenated alkanes) is 2. The van der Waals surface area contributed by atoms with Gasteiger partial charge in [-0.2, -0.15) is 0 Å². The average molecular weight is 266 g/mol. The molecule has 0 aromatic heterocycles. The van der Waals surface area contributed by atoms with Crippen molar-refractivity contribution in [3.05, 3.63) is 33.9 Å². The molecule has 0 saturated heterocycles. The Kier molecular flexibility index (Phi) is 5.29. The highest BCUT2D eigenvalue weighted by Crippen LogP contribution is 2.33. The summed E-state index contributed by atoms with van der Waals surface area (Å²) < 4.78 is 0. The molecule has 6 nitrogen and oxygen atoms in total. The molecule has 0 heterocycles. The van der Waals surface area contributed by atoms with Gasteiger partial charge in [0.1, 0.15) is 5.69 Å². The van der Waals surface area contributed by atoms with Crippen molar-refractivity contribution >= 4 is 17.3 Å². The van der Waals surface area contributed by atoms with Crippen LogP contribution < -0.4 is 5.73 Å². The molecule has 1 atom stereocenters. The van der Waals surface area contributed by atoms with E-state index in [1.165, 1.54) is 12.1 Å². The van der Waals surface area contributed by atoms with Crippen molar-refractivity contribution in [1.29, 1.82) is 0 Å². The zero-order chi connectivity index (χ0) is 14.4. The number of nitrogens with two attached hydrogens (primary N) is 1. The molecule has 19 heavy (non-hydrogen) atoms. The third-order valence-electron chi connectivity index (χ3n) is 3.08. The van der Waals surface area contributed by atoms with Crippen LogP contribution in [-0.4, -0.2) is 16.0 Å². The van der Waals surface area contributed by atoms with Crippen molar-refractivity contribution in [3.8, 4) is 0 Å². The summed E-state index contributed by atoms with van der Waals surface area (Å²) in [4.78, 5) is 21.5. The van der Waals surface area contributed by atoms with E-state index < -0.39 is 16.8 Å². The number of nitro benzene ring substituents is 1. The fraction of sp³-hybridized carbons (Fsp3) is 0.462. The molecule has 0 spiro atoms. The first-order chi connectivity index (χ1) is 8.99. The van der Waals surface area contributed by atoms with E-state index >= 15 is 0 Å². The lowest BCUT2D eigenvalue weighted by atomic mass is 9.91. The number of nitrogens with zero attached hydrogens (tertiary/aromatic N) is 1. The number of carboxylic acids is 1. The third kappa shape index (κ3) is 3.67. The van der Waals surface area contributed by atoms with Gasteiger partial charge in [0.25, 0.3) is 5.69 Å². The molecule has 0 radical (unpaired) electrons. The second-order valence-corrected chi connectivity index (χ2v) is 4.42. The first-order valence-corrected chi connectivity index (χ1v) is 6.24. The molecule has 0 saturated carbocycles. The Morgan fingerprint density at radius 3 is 2.68 bits per heavy atom. The molecule has 0 aliphatic rings. The number of aliphatic carboxylic acids is 1. The van der Waals surface area contributed by atoms with Crippen LogP contribution in [-0.2, 0) is 4.79 Å². The smallest absolute Gasteiger partial charge is 0.311 e. The lowest BCUT2D eigenvalue weighted by Gasteiger charge is -2.14. The molecule has 6 heteroatoms. The van der Waals surface area contributed by atoms with Crippen LogP contribution in [0.4, 0.5) is 11.4 Å². The normalized spacial score (nSPS) is 12.1. The summed E-state index contributed by atoms with van der Waals surface area (Å²) >= 11 is 0. The number of hydrogen-bond acceptors (Lipinski definition) is 4. The molecule has 0 bridgehead atoms. The summed E-state index contributed by atoms with van der Waals surface area (Å²) in [7, 11) is 0. The maximum Gasteiger partial charge on any atom is 0.311 e. The van der Waals surface area contributed by atoms with Crippen molar-refractivity contribution in [3.63, 3.8) is 0 Å². The van der Waals surface area contributed by atoms with Gasteiger partial charge >= 0.3 is 5.97 Å². The SMILES string of the molecule is CCCCCC(C(=O)O)c1cccc([N+](=O)[O-])c1N. The number of nitrogen functional groups attached to an aromatic ring is 1. The Labute approximate surface area is 111 Å². The van der Waals surface area contributed by atoms with Gasteiger partial charge in [-0.3, -0.25) is 14.9 Å². The Morgan fingerprint density at radius 1 is 1.47 bits per heavy atom. The van der Waals surface area contributed by atoms with Gasteiger partial charge in [0.05, 0.1) is 10.8 Å². The summed E-state index contributed by atoms with van der Waals surface area (Å²) in [6, 6.07) is 4.30. The summed E-state index contributed by atoms with van der Waals surface area (Å²) in [5.74, 6) is -1.78. The zero-order valence-corrected chi connectivity index (χ0v) is 10.8. The number of carboxylic acid groups (broad SMARTS) is 1. The predicted octanol–water partition coefficient (Wildman–Crippen LogP) is 2.93. The summed E-state index contributed by atoms with van der Waals surface area (Å²) in [5.41, 5.74) is 5.77. The maximum absolute atomic E-state index is 11.3. The monoisotopic (exact) mass is 266 g/mol. The van der Waals surface area contributed by atoms with Gasteiger partial charge in [0, 0.05) is 6.07 Å². The number of para-hydroxylation sites is 1. The fourth-order valence-corrected chi connectivity index (χ4v) is 2.04. The highest BCUT2D eigenvalue weighted by Gasteiger charge is 2.25. The Balaban J connectivity index is 3.06. The minimum atomic E-state index is -0.997. The number of anilines is 1. The van der Waals surface area contributed by atoms with E-state index in [9.17, 15) is 20.0 Å². The van der Waals surface area contributed by atoms with E-state index in [0.29, 0.717) is 12.0 Å². The van der Waals surface area contributed by atoms with Crippen LogP contribution in [0.3, 0.4) is 0 Å². The van der Waals surface area contributed by atoms with Gasteiger partial charge in [-0.1, -0.05) is 38.3 Å². The fourth-order valence-electron chi connectivity index (χ4n) is 2.04. The number of carbonyl (C=O) groups is 1. The van der Waals surface area contributed by atoms with E-state index in [0.717, 1.165) is 19.3 Å². The second-order valence-electron chi connectivity index (χ2n) is 4.42. The van der Waals surface area contributed by atoms with Gasteiger partial charge in [0.15, 0.2) is 0 Å². The van der Waals surface area contributed by atoms with E-state index in [1.807, 2.05) is 6.92 Å². The van der Waals surface area contributed by atoms with Crippen LogP contribution in [0.15, 0.2) is 18.2 Å². The molecular weight excluding hydrogens is 248 g/mol. The van der Waals surface area contributed by atoms with Crippen LogP contribution in [0.5, 0.6) is 0 Å². The Hall–Kier alpha value is -2.11. The zero-order valence-electron chi connectivity index (χ0n) is 10.8. The van der Waals surface area contributed by atoms with Crippen molar-refractivity contribution < 1.29 is 14.8 Å². The molecule has 1 aromatic rings. The van der Waals surface area contributed by atoms with Crippen molar-refractivity contribution in [1.82, 2.24) is 0 Å². The molecule has 0 amide bonds. The number of rotatable bonds is 7. The molecule has 1 rings (SSSR count). The molecular formula is C13H18N2O4. The molecule has 0 aliphatic carbocycles. The largest absolute Gasteiger partial charge is 0.481 e. The quantitative estimate of drug-likeness (QED) is 0.341. The number of benzene rings is 1. The van der Waals surface area contributed by atoms with Crippen molar-refractivity contribution in [2.24, 2.45) is 0 Å². The summed E-state index contributed by atoms with van der Waals surface area (Å²) in [5, 5.41) is 20.1. The molecule has 3 N–H and O–H groups in total. The Bertz CT molecular complexity index is 474. The van der Waals surface area contributed by atoms with Crippen LogP contribution >= 0.6 is 0 Å². The highest BCUT2D eigenvalue weighted by atomic mass is 16.6. The summed E-state index contributed by atoms with van der Waals surface area (Å²) in [6.45, 7) is 2.03. The van der Waals surface area contributed by atoms with Crippen LogP contribution in [0.25, 0.3) is 0 Å². The first kappa shape index (κ1) is 14.9. The molecule has 0 aliphatic heterocycles. The third-order valence-corrected chi connectivity index (χ3v) is 3.08. The van der Waals surface area contributed by atoms with Crippen LogP contribution in [0.1, 0.15) is 44.1 Å². The van der Waals surface area contributed by atoms with E-state index in [4.69, 9.17) is 5.73 Å². The molecule has 104 valence electrons.